The molecule has 76 valence electrons. The molecule has 0 saturated carbocycles. The lowest BCUT2D eigenvalue weighted by Crippen LogP contribution is -2.28. The molecule has 0 aliphatic carbocycles. The van der Waals surface area contributed by atoms with Crippen molar-refractivity contribution in [2.75, 3.05) is 13.1 Å². The fourth-order valence-electron chi connectivity index (χ4n) is 1.93. The van der Waals surface area contributed by atoms with E-state index < -0.39 is 0 Å². The summed E-state index contributed by atoms with van der Waals surface area (Å²) in [5, 5.41) is 0. The SMILES string of the molecule is CCCC(=O)N1CCC(C(C)C)C1. The Labute approximate surface area is 81.3 Å². The Balaban J connectivity index is 2.36. The lowest BCUT2D eigenvalue weighted by molar-refractivity contribution is -0.130. The molecule has 1 aliphatic heterocycles. The molecule has 0 aromatic heterocycles. The first-order valence-corrected chi connectivity index (χ1v) is 5.43. The molecule has 2 nitrogen and oxygen atoms in total. The number of carbonyl (C=O) groups excluding carboxylic acids is 1. The first-order chi connectivity index (χ1) is 6.15. The van der Waals surface area contributed by atoms with Crippen molar-refractivity contribution in [3.63, 3.8) is 0 Å². The molecule has 0 radical (unpaired) electrons. The fourth-order valence-corrected chi connectivity index (χ4v) is 1.93. The average Bonchev–Trinajstić information content (AvgIpc) is 2.52. The quantitative estimate of drug-likeness (QED) is 0.657. The van der Waals surface area contributed by atoms with E-state index in [4.69, 9.17) is 0 Å². The van der Waals surface area contributed by atoms with Crippen LogP contribution in [0, 0.1) is 11.8 Å². The highest BCUT2D eigenvalue weighted by atomic mass is 16.2. The minimum Gasteiger partial charge on any atom is -0.342 e. The van der Waals surface area contributed by atoms with Gasteiger partial charge in [-0.2, -0.15) is 0 Å². The van der Waals surface area contributed by atoms with Gasteiger partial charge in [0.25, 0.3) is 0 Å². The van der Waals surface area contributed by atoms with Crippen molar-refractivity contribution in [3.8, 4) is 0 Å². The van der Waals surface area contributed by atoms with Crippen LogP contribution >= 0.6 is 0 Å². The van der Waals surface area contributed by atoms with Gasteiger partial charge in [0.2, 0.25) is 5.91 Å². The summed E-state index contributed by atoms with van der Waals surface area (Å²) in [6.07, 6.45) is 2.90. The van der Waals surface area contributed by atoms with Gasteiger partial charge in [-0.3, -0.25) is 4.79 Å². The van der Waals surface area contributed by atoms with Gasteiger partial charge in [-0.15, -0.1) is 0 Å². The van der Waals surface area contributed by atoms with Gasteiger partial charge in [-0.05, 0) is 24.7 Å². The maximum Gasteiger partial charge on any atom is 0.222 e. The molecule has 1 rings (SSSR count). The van der Waals surface area contributed by atoms with E-state index in [1.165, 1.54) is 6.42 Å². The van der Waals surface area contributed by atoms with Crippen LogP contribution in [-0.4, -0.2) is 23.9 Å². The Morgan fingerprint density at radius 1 is 1.54 bits per heavy atom. The summed E-state index contributed by atoms with van der Waals surface area (Å²) in [6.45, 7) is 8.54. The van der Waals surface area contributed by atoms with E-state index in [2.05, 4.69) is 20.8 Å². The zero-order chi connectivity index (χ0) is 9.84. The Morgan fingerprint density at radius 3 is 2.69 bits per heavy atom. The predicted molar refractivity (Wildman–Crippen MR) is 54.4 cm³/mol. The third-order valence-corrected chi connectivity index (χ3v) is 2.98. The fraction of sp³-hybridized carbons (Fsp3) is 0.909. The highest BCUT2D eigenvalue weighted by Gasteiger charge is 2.27. The van der Waals surface area contributed by atoms with Gasteiger partial charge < -0.3 is 4.90 Å². The smallest absolute Gasteiger partial charge is 0.222 e. The summed E-state index contributed by atoms with van der Waals surface area (Å²) < 4.78 is 0. The van der Waals surface area contributed by atoms with Crippen molar-refractivity contribution in [1.82, 2.24) is 4.90 Å². The molecule has 1 saturated heterocycles. The standard InChI is InChI=1S/C11H21NO/c1-4-5-11(13)12-7-6-10(8-12)9(2)3/h9-10H,4-8H2,1-3H3. The summed E-state index contributed by atoms with van der Waals surface area (Å²) >= 11 is 0. The molecule has 1 atom stereocenters. The zero-order valence-corrected chi connectivity index (χ0v) is 9.05. The summed E-state index contributed by atoms with van der Waals surface area (Å²) in [6, 6.07) is 0. The monoisotopic (exact) mass is 183 g/mol. The molecule has 2 heteroatoms. The van der Waals surface area contributed by atoms with Crippen molar-refractivity contribution in [1.29, 1.82) is 0 Å². The van der Waals surface area contributed by atoms with Crippen molar-refractivity contribution in [2.24, 2.45) is 11.8 Å². The van der Waals surface area contributed by atoms with Crippen molar-refractivity contribution in [2.45, 2.75) is 40.0 Å². The topological polar surface area (TPSA) is 20.3 Å². The molecule has 1 aliphatic rings. The maximum atomic E-state index is 11.5. The Morgan fingerprint density at radius 2 is 2.23 bits per heavy atom. The lowest BCUT2D eigenvalue weighted by atomic mass is 9.95. The summed E-state index contributed by atoms with van der Waals surface area (Å²) in [4.78, 5) is 13.6. The maximum absolute atomic E-state index is 11.5. The molecule has 1 fully saturated rings. The van der Waals surface area contributed by atoms with Crippen LogP contribution in [0.4, 0.5) is 0 Å². The van der Waals surface area contributed by atoms with E-state index in [1.54, 1.807) is 0 Å². The average molecular weight is 183 g/mol. The van der Waals surface area contributed by atoms with Gasteiger partial charge in [0, 0.05) is 19.5 Å². The first kappa shape index (κ1) is 10.6. The number of rotatable bonds is 3. The van der Waals surface area contributed by atoms with E-state index in [-0.39, 0.29) is 0 Å². The second-order valence-corrected chi connectivity index (χ2v) is 4.38. The molecule has 0 aromatic rings. The van der Waals surface area contributed by atoms with Gasteiger partial charge in [0.1, 0.15) is 0 Å². The van der Waals surface area contributed by atoms with Crippen LogP contribution in [0.25, 0.3) is 0 Å². The third kappa shape index (κ3) is 2.71. The number of likely N-dealkylation sites (tertiary alicyclic amines) is 1. The molecular formula is C11H21NO. The van der Waals surface area contributed by atoms with Crippen LogP contribution in [0.5, 0.6) is 0 Å². The van der Waals surface area contributed by atoms with Gasteiger partial charge >= 0.3 is 0 Å². The number of hydrogen-bond donors (Lipinski definition) is 0. The molecular weight excluding hydrogens is 162 g/mol. The summed E-state index contributed by atoms with van der Waals surface area (Å²) in [5.41, 5.74) is 0. The number of amides is 1. The van der Waals surface area contributed by atoms with E-state index in [1.807, 2.05) is 4.90 Å². The van der Waals surface area contributed by atoms with Gasteiger partial charge in [-0.25, -0.2) is 0 Å². The van der Waals surface area contributed by atoms with Crippen LogP contribution in [0.15, 0.2) is 0 Å². The second-order valence-electron chi connectivity index (χ2n) is 4.38. The van der Waals surface area contributed by atoms with Gasteiger partial charge in [0.05, 0.1) is 0 Å². The minimum absolute atomic E-state index is 0.352. The normalized spacial score (nSPS) is 22.8. The van der Waals surface area contributed by atoms with Crippen molar-refractivity contribution in [3.05, 3.63) is 0 Å². The van der Waals surface area contributed by atoms with Gasteiger partial charge in [0.15, 0.2) is 0 Å². The number of nitrogens with zero attached hydrogens (tertiary/aromatic N) is 1. The number of carbonyl (C=O) groups is 1. The van der Waals surface area contributed by atoms with E-state index in [0.717, 1.165) is 37.8 Å². The molecule has 0 spiro atoms. The highest BCUT2D eigenvalue weighted by Crippen LogP contribution is 2.23. The van der Waals surface area contributed by atoms with Crippen molar-refractivity contribution < 1.29 is 4.79 Å². The number of hydrogen-bond acceptors (Lipinski definition) is 1. The van der Waals surface area contributed by atoms with E-state index in [0.29, 0.717) is 5.91 Å². The van der Waals surface area contributed by atoms with Crippen molar-refractivity contribution >= 4 is 5.91 Å². The summed E-state index contributed by atoms with van der Waals surface area (Å²) in [7, 11) is 0. The third-order valence-electron chi connectivity index (χ3n) is 2.98. The predicted octanol–water partition coefficient (Wildman–Crippen LogP) is 2.29. The molecule has 1 unspecified atom stereocenters. The zero-order valence-electron chi connectivity index (χ0n) is 9.05. The lowest BCUT2D eigenvalue weighted by Gasteiger charge is -2.17. The van der Waals surface area contributed by atoms with E-state index >= 15 is 0 Å². The second kappa shape index (κ2) is 4.64. The molecule has 1 amide bonds. The first-order valence-electron chi connectivity index (χ1n) is 5.43. The minimum atomic E-state index is 0.352. The van der Waals surface area contributed by atoms with Crippen LogP contribution in [-0.2, 0) is 4.79 Å². The molecule has 0 bridgehead atoms. The largest absolute Gasteiger partial charge is 0.342 e. The Bertz CT molecular complexity index is 177. The highest BCUT2D eigenvalue weighted by molar-refractivity contribution is 5.76. The van der Waals surface area contributed by atoms with Crippen LogP contribution < -0.4 is 0 Å². The van der Waals surface area contributed by atoms with Crippen LogP contribution in [0.2, 0.25) is 0 Å². The van der Waals surface area contributed by atoms with E-state index in [9.17, 15) is 4.79 Å². The molecule has 13 heavy (non-hydrogen) atoms. The van der Waals surface area contributed by atoms with Crippen LogP contribution in [0.1, 0.15) is 40.0 Å². The Kier molecular flexibility index (Phi) is 3.76. The molecule has 1 heterocycles. The molecule has 0 N–H and O–H groups in total. The molecule has 0 aromatic carbocycles. The van der Waals surface area contributed by atoms with Crippen LogP contribution in [0.3, 0.4) is 0 Å². The Hall–Kier alpha value is -0.530. The van der Waals surface area contributed by atoms with Gasteiger partial charge in [-0.1, -0.05) is 20.8 Å². The summed E-state index contributed by atoms with van der Waals surface area (Å²) in [5.74, 6) is 1.81.